The Balaban J connectivity index is 1.42. The fraction of sp³-hybridized carbons (Fsp3) is 0.381. The molecule has 2 atom stereocenters. The molecule has 0 radical (unpaired) electrons. The molecule has 7 nitrogen and oxygen atoms in total. The summed E-state index contributed by atoms with van der Waals surface area (Å²) in [5.74, 6) is 1.64. The molecule has 7 heteroatoms. The highest BCUT2D eigenvalue weighted by Gasteiger charge is 2.23. The Labute approximate surface area is 165 Å². The van der Waals surface area contributed by atoms with Crippen molar-refractivity contribution in [2.45, 2.75) is 26.1 Å². The minimum Gasteiger partial charge on any atom is -0.374 e. The third kappa shape index (κ3) is 4.05. The zero-order valence-corrected chi connectivity index (χ0v) is 16.3. The normalized spacial score (nSPS) is 17.5. The van der Waals surface area contributed by atoms with E-state index in [0.717, 1.165) is 43.0 Å². The number of hydrogen-bond donors (Lipinski definition) is 2. The van der Waals surface area contributed by atoms with Crippen LogP contribution in [0.2, 0.25) is 0 Å². The standard InChI is InChI=1S/C21H26N6O/c1-15(17-6-7-18-19(14-17)23-9-8-22-18)26-10-12-27(13-11-26)21-5-3-4-20(25-21)24-16(2)28/h3-9,14-16,28H,10-13H2,1-2H3,(H,24,25)/t15?,16-/m0/s1. The van der Waals surface area contributed by atoms with E-state index >= 15 is 0 Å². The van der Waals surface area contributed by atoms with E-state index in [1.54, 1.807) is 19.3 Å². The van der Waals surface area contributed by atoms with Crippen molar-refractivity contribution in [1.82, 2.24) is 19.9 Å². The fourth-order valence-corrected chi connectivity index (χ4v) is 3.68. The van der Waals surface area contributed by atoms with Crippen molar-refractivity contribution >= 4 is 22.7 Å². The number of rotatable bonds is 5. The highest BCUT2D eigenvalue weighted by molar-refractivity contribution is 5.74. The minimum absolute atomic E-state index is 0.324. The Morgan fingerprint density at radius 3 is 2.46 bits per heavy atom. The summed E-state index contributed by atoms with van der Waals surface area (Å²) in [5.41, 5.74) is 3.14. The van der Waals surface area contributed by atoms with Gasteiger partial charge in [-0.2, -0.15) is 0 Å². The number of pyridine rings is 1. The molecule has 2 aromatic heterocycles. The average molecular weight is 378 g/mol. The van der Waals surface area contributed by atoms with Crippen molar-refractivity contribution in [1.29, 1.82) is 0 Å². The number of benzene rings is 1. The summed E-state index contributed by atoms with van der Waals surface area (Å²) in [6, 6.07) is 12.5. The van der Waals surface area contributed by atoms with Gasteiger partial charge in [0.25, 0.3) is 0 Å². The Morgan fingerprint density at radius 2 is 1.71 bits per heavy atom. The second-order valence-electron chi connectivity index (χ2n) is 7.20. The Morgan fingerprint density at radius 1 is 0.964 bits per heavy atom. The maximum Gasteiger partial charge on any atom is 0.131 e. The number of hydrogen-bond acceptors (Lipinski definition) is 7. The molecule has 1 saturated heterocycles. The molecule has 1 aliphatic heterocycles. The molecule has 0 amide bonds. The lowest BCUT2D eigenvalue weighted by molar-refractivity contribution is 0.198. The van der Waals surface area contributed by atoms with Crippen LogP contribution in [0.4, 0.5) is 11.6 Å². The van der Waals surface area contributed by atoms with Crippen LogP contribution in [0.25, 0.3) is 11.0 Å². The van der Waals surface area contributed by atoms with Gasteiger partial charge in [0, 0.05) is 44.6 Å². The van der Waals surface area contributed by atoms with E-state index in [4.69, 9.17) is 0 Å². The van der Waals surface area contributed by atoms with Crippen molar-refractivity contribution in [2.24, 2.45) is 0 Å². The third-order valence-corrected chi connectivity index (χ3v) is 5.25. The van der Waals surface area contributed by atoms with Crippen molar-refractivity contribution < 1.29 is 5.11 Å². The van der Waals surface area contributed by atoms with Gasteiger partial charge >= 0.3 is 0 Å². The first-order valence-electron chi connectivity index (χ1n) is 9.71. The van der Waals surface area contributed by atoms with Crippen LogP contribution in [0.3, 0.4) is 0 Å². The smallest absolute Gasteiger partial charge is 0.131 e. The van der Waals surface area contributed by atoms with Gasteiger partial charge in [-0.05, 0) is 43.7 Å². The second-order valence-corrected chi connectivity index (χ2v) is 7.20. The summed E-state index contributed by atoms with van der Waals surface area (Å²) in [6.45, 7) is 7.71. The number of piperazine rings is 1. The van der Waals surface area contributed by atoms with E-state index in [9.17, 15) is 5.11 Å². The number of aromatic nitrogens is 3. The maximum atomic E-state index is 9.50. The van der Waals surface area contributed by atoms with Gasteiger partial charge in [-0.3, -0.25) is 14.9 Å². The summed E-state index contributed by atoms with van der Waals surface area (Å²) in [4.78, 5) is 18.2. The summed E-state index contributed by atoms with van der Waals surface area (Å²) in [7, 11) is 0. The predicted molar refractivity (Wildman–Crippen MR) is 111 cm³/mol. The number of nitrogens with one attached hydrogen (secondary N) is 1. The first-order valence-corrected chi connectivity index (χ1v) is 9.71. The van der Waals surface area contributed by atoms with Crippen molar-refractivity contribution in [3.05, 3.63) is 54.4 Å². The fourth-order valence-electron chi connectivity index (χ4n) is 3.68. The molecule has 3 heterocycles. The van der Waals surface area contributed by atoms with E-state index in [1.165, 1.54) is 5.56 Å². The Hall–Kier alpha value is -2.77. The quantitative estimate of drug-likeness (QED) is 0.661. The van der Waals surface area contributed by atoms with Crippen LogP contribution in [0, 0.1) is 0 Å². The zero-order chi connectivity index (χ0) is 19.5. The van der Waals surface area contributed by atoms with E-state index < -0.39 is 6.23 Å². The van der Waals surface area contributed by atoms with Crippen molar-refractivity contribution in [2.75, 3.05) is 36.4 Å². The van der Waals surface area contributed by atoms with Crippen LogP contribution in [-0.4, -0.2) is 57.4 Å². The third-order valence-electron chi connectivity index (χ3n) is 5.25. The van der Waals surface area contributed by atoms with Crippen LogP contribution < -0.4 is 10.2 Å². The molecule has 1 aliphatic rings. The summed E-state index contributed by atoms with van der Waals surface area (Å²) in [6.07, 6.45) is 2.85. The molecule has 0 aliphatic carbocycles. The van der Waals surface area contributed by atoms with Crippen LogP contribution in [0.15, 0.2) is 48.8 Å². The minimum atomic E-state index is -0.618. The van der Waals surface area contributed by atoms with Crippen molar-refractivity contribution in [3.63, 3.8) is 0 Å². The van der Waals surface area contributed by atoms with E-state index in [-0.39, 0.29) is 0 Å². The van der Waals surface area contributed by atoms with E-state index in [1.807, 2.05) is 18.2 Å². The zero-order valence-electron chi connectivity index (χ0n) is 16.3. The molecule has 4 rings (SSSR count). The molecule has 2 N–H and O–H groups in total. The van der Waals surface area contributed by atoms with Gasteiger partial charge in [-0.25, -0.2) is 4.98 Å². The van der Waals surface area contributed by atoms with Gasteiger partial charge in [0.1, 0.15) is 17.9 Å². The molecule has 0 spiro atoms. The number of aliphatic hydroxyl groups excluding tert-OH is 1. The largest absolute Gasteiger partial charge is 0.374 e. The summed E-state index contributed by atoms with van der Waals surface area (Å²) >= 11 is 0. The summed E-state index contributed by atoms with van der Waals surface area (Å²) < 4.78 is 0. The second kappa shape index (κ2) is 8.08. The Bertz CT molecular complexity index is 939. The van der Waals surface area contributed by atoms with Crippen LogP contribution in [0.5, 0.6) is 0 Å². The van der Waals surface area contributed by atoms with Gasteiger partial charge in [-0.1, -0.05) is 12.1 Å². The van der Waals surface area contributed by atoms with Gasteiger partial charge in [0.15, 0.2) is 0 Å². The molecule has 3 aromatic rings. The monoisotopic (exact) mass is 378 g/mol. The van der Waals surface area contributed by atoms with Crippen LogP contribution in [0.1, 0.15) is 25.5 Å². The van der Waals surface area contributed by atoms with Crippen molar-refractivity contribution in [3.8, 4) is 0 Å². The number of nitrogens with zero attached hydrogens (tertiary/aromatic N) is 5. The molecular formula is C21H26N6O. The van der Waals surface area contributed by atoms with Gasteiger partial charge in [0.05, 0.1) is 11.0 Å². The molecule has 0 saturated carbocycles. The number of anilines is 2. The molecule has 28 heavy (non-hydrogen) atoms. The van der Waals surface area contributed by atoms with Gasteiger partial charge in [-0.15, -0.1) is 0 Å². The number of aliphatic hydroxyl groups is 1. The lowest BCUT2D eigenvalue weighted by Gasteiger charge is -2.38. The predicted octanol–water partition coefficient (Wildman–Crippen LogP) is 2.66. The highest BCUT2D eigenvalue weighted by atomic mass is 16.3. The molecule has 146 valence electrons. The molecule has 1 unspecified atom stereocenters. The van der Waals surface area contributed by atoms with E-state index in [0.29, 0.717) is 11.9 Å². The van der Waals surface area contributed by atoms with E-state index in [2.05, 4.69) is 55.2 Å². The maximum absolute atomic E-state index is 9.50. The summed E-state index contributed by atoms with van der Waals surface area (Å²) in [5, 5.41) is 12.4. The van der Waals surface area contributed by atoms with Crippen LogP contribution in [-0.2, 0) is 0 Å². The highest BCUT2D eigenvalue weighted by Crippen LogP contribution is 2.25. The first kappa shape index (κ1) is 18.6. The van der Waals surface area contributed by atoms with Crippen LogP contribution >= 0.6 is 0 Å². The number of fused-ring (bicyclic) bond motifs is 1. The Kier molecular flexibility index (Phi) is 5.36. The lowest BCUT2D eigenvalue weighted by Crippen LogP contribution is -2.47. The molecule has 1 fully saturated rings. The van der Waals surface area contributed by atoms with Gasteiger partial charge < -0.3 is 15.3 Å². The molecule has 1 aromatic carbocycles. The van der Waals surface area contributed by atoms with Gasteiger partial charge in [0.2, 0.25) is 0 Å². The lowest BCUT2D eigenvalue weighted by atomic mass is 10.0. The first-order chi connectivity index (χ1) is 13.6. The average Bonchev–Trinajstić information content (AvgIpc) is 2.73. The molecular weight excluding hydrogens is 352 g/mol. The topological polar surface area (TPSA) is 77.4 Å². The SMILES string of the molecule is CC(c1ccc2nccnc2c1)N1CCN(c2cccc(N[C@H](C)O)n2)CC1. The molecule has 0 bridgehead atoms.